The minimum absolute atomic E-state index is 0.102. The number of fused-ring (bicyclic) bond motifs is 1. The van der Waals surface area contributed by atoms with Crippen molar-refractivity contribution in [3.8, 4) is 0 Å². The molecule has 7 nitrogen and oxygen atoms in total. The quantitative estimate of drug-likeness (QED) is 0.779. The third-order valence-corrected chi connectivity index (χ3v) is 7.37. The van der Waals surface area contributed by atoms with Crippen molar-refractivity contribution in [2.45, 2.75) is 30.7 Å². The van der Waals surface area contributed by atoms with Crippen LogP contribution in [0.2, 0.25) is 5.02 Å². The fourth-order valence-electron chi connectivity index (χ4n) is 3.77. The van der Waals surface area contributed by atoms with Gasteiger partial charge in [-0.15, -0.1) is 0 Å². The number of carbonyl (C=O) groups is 1. The predicted octanol–water partition coefficient (Wildman–Crippen LogP) is 2.06. The van der Waals surface area contributed by atoms with Crippen molar-refractivity contribution >= 4 is 27.5 Å². The second-order valence-electron chi connectivity index (χ2n) is 6.94. The average Bonchev–Trinajstić information content (AvgIpc) is 3.30. The van der Waals surface area contributed by atoms with Gasteiger partial charge in [-0.1, -0.05) is 11.6 Å². The van der Waals surface area contributed by atoms with Gasteiger partial charge in [-0.2, -0.15) is 9.40 Å². The number of nitrogens with zero attached hydrogens (tertiary/aromatic N) is 4. The van der Waals surface area contributed by atoms with E-state index in [9.17, 15) is 13.2 Å². The fourth-order valence-corrected chi connectivity index (χ4v) is 5.31. The van der Waals surface area contributed by atoms with Crippen molar-refractivity contribution in [1.29, 1.82) is 0 Å². The first-order valence-corrected chi connectivity index (χ1v) is 10.8. The molecule has 0 unspecified atom stereocenters. The van der Waals surface area contributed by atoms with E-state index < -0.39 is 10.0 Å². The Kier molecular flexibility index (Phi) is 4.73. The van der Waals surface area contributed by atoms with Crippen LogP contribution in [0.5, 0.6) is 0 Å². The number of hydrogen-bond donors (Lipinski definition) is 0. The Labute approximate surface area is 163 Å². The summed E-state index contributed by atoms with van der Waals surface area (Å²) in [6.07, 6.45) is 2.52. The van der Waals surface area contributed by atoms with Gasteiger partial charge in [0.25, 0.3) is 5.91 Å². The maximum atomic E-state index is 13.0. The molecule has 0 atom stereocenters. The van der Waals surface area contributed by atoms with Crippen LogP contribution in [-0.2, 0) is 30.0 Å². The highest BCUT2D eigenvalue weighted by molar-refractivity contribution is 7.89. The monoisotopic (exact) mass is 408 g/mol. The standard InChI is InChI=1S/C18H21ClN4O3S/c1-21-16-8-11-23(27(25,26)14-6-4-13(19)5-7-14)12-15(16)17(20-21)18(24)22-9-2-3-10-22/h4-7H,2-3,8-12H2,1H3. The lowest BCUT2D eigenvalue weighted by Gasteiger charge is -2.27. The predicted molar refractivity (Wildman–Crippen MR) is 101 cm³/mol. The Hall–Kier alpha value is -1.90. The van der Waals surface area contributed by atoms with Crippen molar-refractivity contribution in [2.75, 3.05) is 19.6 Å². The van der Waals surface area contributed by atoms with Gasteiger partial charge in [0.2, 0.25) is 10.0 Å². The van der Waals surface area contributed by atoms with Gasteiger partial charge in [-0.25, -0.2) is 8.42 Å². The molecule has 0 radical (unpaired) electrons. The zero-order chi connectivity index (χ0) is 19.2. The molecular weight excluding hydrogens is 388 g/mol. The number of sulfonamides is 1. The molecule has 9 heteroatoms. The summed E-state index contributed by atoms with van der Waals surface area (Å²) in [6, 6.07) is 6.14. The topological polar surface area (TPSA) is 75.5 Å². The van der Waals surface area contributed by atoms with Crippen LogP contribution in [0.4, 0.5) is 0 Å². The van der Waals surface area contributed by atoms with Crippen molar-refractivity contribution in [2.24, 2.45) is 7.05 Å². The number of aromatic nitrogens is 2. The first-order chi connectivity index (χ1) is 12.9. The lowest BCUT2D eigenvalue weighted by atomic mass is 10.1. The van der Waals surface area contributed by atoms with Crippen LogP contribution in [0.15, 0.2) is 29.2 Å². The molecule has 0 N–H and O–H groups in total. The maximum Gasteiger partial charge on any atom is 0.274 e. The molecule has 2 aliphatic heterocycles. The van der Waals surface area contributed by atoms with E-state index in [1.807, 2.05) is 7.05 Å². The smallest absolute Gasteiger partial charge is 0.274 e. The van der Waals surface area contributed by atoms with Crippen molar-refractivity contribution in [3.05, 3.63) is 46.2 Å². The highest BCUT2D eigenvalue weighted by Crippen LogP contribution is 2.28. The number of halogens is 1. The van der Waals surface area contributed by atoms with E-state index in [0.29, 0.717) is 23.7 Å². The van der Waals surface area contributed by atoms with E-state index in [2.05, 4.69) is 5.10 Å². The molecule has 1 aromatic heterocycles. The van der Waals surface area contributed by atoms with Gasteiger partial charge in [0, 0.05) is 55.9 Å². The molecule has 144 valence electrons. The van der Waals surface area contributed by atoms with E-state index in [0.717, 1.165) is 37.2 Å². The second-order valence-corrected chi connectivity index (χ2v) is 9.31. The van der Waals surface area contributed by atoms with Crippen LogP contribution in [0.3, 0.4) is 0 Å². The summed E-state index contributed by atoms with van der Waals surface area (Å²) >= 11 is 5.87. The van der Waals surface area contributed by atoms with Gasteiger partial charge in [-0.3, -0.25) is 9.48 Å². The van der Waals surface area contributed by atoms with Gasteiger partial charge in [-0.05, 0) is 37.1 Å². The zero-order valence-electron chi connectivity index (χ0n) is 15.1. The molecule has 2 aromatic rings. The highest BCUT2D eigenvalue weighted by Gasteiger charge is 2.35. The minimum atomic E-state index is -3.66. The Morgan fingerprint density at radius 3 is 2.44 bits per heavy atom. The van der Waals surface area contributed by atoms with Gasteiger partial charge in [0.1, 0.15) is 0 Å². The summed E-state index contributed by atoms with van der Waals surface area (Å²) in [7, 11) is -1.85. The van der Waals surface area contributed by atoms with Crippen LogP contribution in [0, 0.1) is 0 Å². The molecule has 1 saturated heterocycles. The molecule has 0 aliphatic carbocycles. The van der Waals surface area contributed by atoms with Crippen molar-refractivity contribution < 1.29 is 13.2 Å². The summed E-state index contributed by atoms with van der Waals surface area (Å²) in [5.74, 6) is -0.102. The van der Waals surface area contributed by atoms with Crippen molar-refractivity contribution in [1.82, 2.24) is 19.0 Å². The second kappa shape index (κ2) is 6.92. The molecule has 1 amide bonds. The number of carbonyl (C=O) groups excluding carboxylic acids is 1. The molecule has 2 aliphatic rings. The molecule has 4 rings (SSSR count). The normalized spacial score (nSPS) is 17.9. The Bertz CT molecular complexity index is 979. The largest absolute Gasteiger partial charge is 0.337 e. The SMILES string of the molecule is Cn1nc(C(=O)N2CCCC2)c2c1CCN(S(=O)(=O)c1ccc(Cl)cc1)C2. The molecule has 1 fully saturated rings. The van der Waals surface area contributed by atoms with E-state index in [1.54, 1.807) is 21.7 Å². The lowest BCUT2D eigenvalue weighted by Crippen LogP contribution is -2.37. The van der Waals surface area contributed by atoms with Gasteiger partial charge in [0.05, 0.1) is 4.90 Å². The van der Waals surface area contributed by atoms with Gasteiger partial charge in [0.15, 0.2) is 5.69 Å². The van der Waals surface area contributed by atoms with Crippen LogP contribution in [-0.4, -0.2) is 52.9 Å². The van der Waals surface area contributed by atoms with E-state index in [1.165, 1.54) is 16.4 Å². The number of benzene rings is 1. The summed E-state index contributed by atoms with van der Waals surface area (Å²) in [5.41, 5.74) is 2.03. The van der Waals surface area contributed by atoms with E-state index >= 15 is 0 Å². The Morgan fingerprint density at radius 1 is 1.11 bits per heavy atom. The first-order valence-electron chi connectivity index (χ1n) is 8.97. The minimum Gasteiger partial charge on any atom is -0.337 e. The Balaban J connectivity index is 1.66. The molecule has 27 heavy (non-hydrogen) atoms. The lowest BCUT2D eigenvalue weighted by molar-refractivity contribution is 0.0784. The number of hydrogen-bond acceptors (Lipinski definition) is 4. The zero-order valence-corrected chi connectivity index (χ0v) is 16.6. The third-order valence-electron chi connectivity index (χ3n) is 5.25. The van der Waals surface area contributed by atoms with Crippen LogP contribution >= 0.6 is 11.6 Å². The molecule has 1 aromatic carbocycles. The summed E-state index contributed by atoms with van der Waals surface area (Å²) < 4.78 is 29.2. The van der Waals surface area contributed by atoms with Crippen LogP contribution < -0.4 is 0 Å². The maximum absolute atomic E-state index is 13.0. The van der Waals surface area contributed by atoms with E-state index in [4.69, 9.17) is 11.6 Å². The van der Waals surface area contributed by atoms with Gasteiger partial charge < -0.3 is 4.90 Å². The average molecular weight is 409 g/mol. The number of aryl methyl sites for hydroxylation is 1. The van der Waals surface area contributed by atoms with Gasteiger partial charge >= 0.3 is 0 Å². The number of rotatable bonds is 3. The van der Waals surface area contributed by atoms with Crippen LogP contribution in [0.25, 0.3) is 0 Å². The molecule has 0 bridgehead atoms. The summed E-state index contributed by atoms with van der Waals surface area (Å²) in [6.45, 7) is 1.98. The number of amides is 1. The van der Waals surface area contributed by atoms with Crippen LogP contribution in [0.1, 0.15) is 34.6 Å². The van der Waals surface area contributed by atoms with E-state index in [-0.39, 0.29) is 17.3 Å². The third kappa shape index (κ3) is 3.26. The molecular formula is C18H21ClN4O3S. The molecule has 3 heterocycles. The number of likely N-dealkylation sites (tertiary alicyclic amines) is 1. The summed E-state index contributed by atoms with van der Waals surface area (Å²) in [4.78, 5) is 14.9. The highest BCUT2D eigenvalue weighted by atomic mass is 35.5. The van der Waals surface area contributed by atoms with Crippen molar-refractivity contribution in [3.63, 3.8) is 0 Å². The molecule has 0 spiro atoms. The Morgan fingerprint density at radius 2 is 1.78 bits per heavy atom. The summed E-state index contributed by atoms with van der Waals surface area (Å²) in [5, 5.41) is 4.91. The molecule has 0 saturated carbocycles. The first kappa shape index (κ1) is 18.5. The fraction of sp³-hybridized carbons (Fsp3) is 0.444.